The first-order valence-corrected chi connectivity index (χ1v) is 8.24. The first-order valence-electron chi connectivity index (χ1n) is 8.24. The van der Waals surface area contributed by atoms with Crippen molar-refractivity contribution in [3.05, 3.63) is 11.6 Å². The lowest BCUT2D eigenvalue weighted by atomic mass is 9.79. The van der Waals surface area contributed by atoms with Gasteiger partial charge in [0.15, 0.2) is 0 Å². The molecule has 0 spiro atoms. The summed E-state index contributed by atoms with van der Waals surface area (Å²) in [6.45, 7) is 10.1. The van der Waals surface area contributed by atoms with Gasteiger partial charge in [-0.2, -0.15) is 0 Å². The van der Waals surface area contributed by atoms with Gasteiger partial charge in [0, 0.05) is 11.8 Å². The van der Waals surface area contributed by atoms with Gasteiger partial charge in [-0.15, -0.1) is 0 Å². The van der Waals surface area contributed by atoms with Crippen molar-refractivity contribution >= 4 is 11.9 Å². The summed E-state index contributed by atoms with van der Waals surface area (Å²) in [5.74, 6) is 0.0682. The van der Waals surface area contributed by atoms with Gasteiger partial charge in [0.1, 0.15) is 12.2 Å². The Bertz CT molecular complexity index is 524. The number of carbonyl (C=O) groups is 2. The van der Waals surface area contributed by atoms with Crippen LogP contribution < -0.4 is 0 Å². The number of carbonyl (C=O) groups excluding carboxylic acids is 2. The summed E-state index contributed by atoms with van der Waals surface area (Å²) >= 11 is 0. The summed E-state index contributed by atoms with van der Waals surface area (Å²) in [5.41, 5.74) is 0.915. The summed E-state index contributed by atoms with van der Waals surface area (Å²) in [7, 11) is 0. The zero-order chi connectivity index (χ0) is 16.2. The van der Waals surface area contributed by atoms with Crippen LogP contribution in [-0.2, 0) is 19.1 Å². The zero-order valence-electron chi connectivity index (χ0n) is 14.1. The Hall–Kier alpha value is -1.32. The fourth-order valence-electron chi connectivity index (χ4n) is 4.28. The van der Waals surface area contributed by atoms with Crippen molar-refractivity contribution < 1.29 is 19.1 Å². The standard InChI is InChI=1S/C18H26O4/c1-9(2)6-13(18(3,4)5)17(20)21-14-10-7-11-12(8-10)16(19)22-15(11)14/h6,10-15H,7-8H2,1-5H3. The molecular weight excluding hydrogens is 280 g/mol. The lowest BCUT2D eigenvalue weighted by Crippen LogP contribution is -2.39. The number of fused-ring (bicyclic) bond motifs is 1. The maximum atomic E-state index is 12.7. The van der Waals surface area contributed by atoms with Crippen LogP contribution in [0.1, 0.15) is 47.5 Å². The second kappa shape index (κ2) is 5.10. The van der Waals surface area contributed by atoms with E-state index in [4.69, 9.17) is 9.47 Å². The SMILES string of the molecule is CC(C)=CC(C(=O)OC1C2CC3C(=O)OC1C3C2)C(C)(C)C. The number of esters is 2. The van der Waals surface area contributed by atoms with E-state index in [1.807, 2.05) is 40.7 Å². The van der Waals surface area contributed by atoms with E-state index < -0.39 is 0 Å². The highest BCUT2D eigenvalue weighted by atomic mass is 16.6. The minimum atomic E-state index is -0.274. The molecule has 2 aliphatic carbocycles. The molecule has 1 saturated heterocycles. The Kier molecular flexibility index (Phi) is 3.61. The van der Waals surface area contributed by atoms with Crippen LogP contribution >= 0.6 is 0 Å². The van der Waals surface area contributed by atoms with Crippen LogP contribution in [0.5, 0.6) is 0 Å². The molecule has 6 atom stereocenters. The molecule has 0 aromatic rings. The summed E-state index contributed by atoms with van der Waals surface area (Å²) in [6, 6.07) is 0. The molecule has 4 nitrogen and oxygen atoms in total. The van der Waals surface area contributed by atoms with Crippen molar-refractivity contribution in [1.82, 2.24) is 0 Å². The lowest BCUT2D eigenvalue weighted by molar-refractivity contribution is -0.167. The number of rotatable bonds is 3. The molecule has 0 aromatic carbocycles. The van der Waals surface area contributed by atoms with Crippen LogP contribution in [0, 0.1) is 29.1 Å². The van der Waals surface area contributed by atoms with Gasteiger partial charge in [-0.1, -0.05) is 32.4 Å². The van der Waals surface area contributed by atoms with Gasteiger partial charge < -0.3 is 9.47 Å². The third kappa shape index (κ3) is 2.46. The first kappa shape index (κ1) is 15.6. The molecule has 0 N–H and O–H groups in total. The number of ether oxygens (including phenoxy) is 2. The third-order valence-corrected chi connectivity index (χ3v) is 5.35. The van der Waals surface area contributed by atoms with Crippen molar-refractivity contribution in [1.29, 1.82) is 0 Å². The average molecular weight is 306 g/mol. The van der Waals surface area contributed by atoms with Gasteiger partial charge in [0.25, 0.3) is 0 Å². The Morgan fingerprint density at radius 1 is 1.32 bits per heavy atom. The van der Waals surface area contributed by atoms with E-state index in [1.54, 1.807) is 0 Å². The van der Waals surface area contributed by atoms with Crippen molar-refractivity contribution in [3.8, 4) is 0 Å². The predicted octanol–water partition coefficient (Wildman–Crippen LogP) is 3.11. The predicted molar refractivity (Wildman–Crippen MR) is 81.8 cm³/mol. The normalized spacial score (nSPS) is 37.0. The van der Waals surface area contributed by atoms with Crippen LogP contribution in [-0.4, -0.2) is 24.1 Å². The van der Waals surface area contributed by atoms with Crippen LogP contribution in [0.4, 0.5) is 0 Å². The average Bonchev–Trinajstić information content (AvgIpc) is 2.98. The summed E-state index contributed by atoms with van der Waals surface area (Å²) < 4.78 is 11.3. The second-order valence-corrected chi connectivity index (χ2v) is 8.39. The van der Waals surface area contributed by atoms with Crippen molar-refractivity contribution in [2.75, 3.05) is 0 Å². The molecule has 122 valence electrons. The first-order chi connectivity index (χ1) is 10.2. The molecule has 3 fully saturated rings. The van der Waals surface area contributed by atoms with Crippen LogP contribution in [0.3, 0.4) is 0 Å². The van der Waals surface area contributed by atoms with Crippen LogP contribution in [0.2, 0.25) is 0 Å². The highest BCUT2D eigenvalue weighted by Crippen LogP contribution is 2.55. The highest BCUT2D eigenvalue weighted by molar-refractivity contribution is 5.78. The number of allylic oxidation sites excluding steroid dienone is 1. The quantitative estimate of drug-likeness (QED) is 0.594. The molecule has 6 unspecified atom stereocenters. The number of hydrogen-bond acceptors (Lipinski definition) is 4. The molecular formula is C18H26O4. The van der Waals surface area contributed by atoms with Crippen LogP contribution in [0.25, 0.3) is 0 Å². The zero-order valence-corrected chi connectivity index (χ0v) is 14.1. The van der Waals surface area contributed by atoms with E-state index in [2.05, 4.69) is 0 Å². The smallest absolute Gasteiger partial charge is 0.313 e. The van der Waals surface area contributed by atoms with E-state index >= 15 is 0 Å². The maximum absolute atomic E-state index is 12.7. The summed E-state index contributed by atoms with van der Waals surface area (Å²) in [5, 5.41) is 0. The minimum Gasteiger partial charge on any atom is -0.458 e. The van der Waals surface area contributed by atoms with E-state index in [9.17, 15) is 9.59 Å². The molecule has 2 saturated carbocycles. The van der Waals surface area contributed by atoms with Gasteiger partial charge in [-0.05, 0) is 32.1 Å². The van der Waals surface area contributed by atoms with Gasteiger partial charge >= 0.3 is 11.9 Å². The van der Waals surface area contributed by atoms with Crippen molar-refractivity contribution in [2.24, 2.45) is 29.1 Å². The fraction of sp³-hybridized carbons (Fsp3) is 0.778. The van der Waals surface area contributed by atoms with Gasteiger partial charge in [-0.25, -0.2) is 0 Å². The molecule has 22 heavy (non-hydrogen) atoms. The van der Waals surface area contributed by atoms with E-state index in [0.717, 1.165) is 18.4 Å². The minimum absolute atomic E-state index is 0.0566. The Morgan fingerprint density at radius 2 is 2.00 bits per heavy atom. The summed E-state index contributed by atoms with van der Waals surface area (Å²) in [6.07, 6.45) is 3.32. The maximum Gasteiger partial charge on any atom is 0.313 e. The Balaban J connectivity index is 1.74. The number of hydrogen-bond donors (Lipinski definition) is 0. The van der Waals surface area contributed by atoms with E-state index in [0.29, 0.717) is 5.92 Å². The third-order valence-electron chi connectivity index (χ3n) is 5.35. The van der Waals surface area contributed by atoms with Crippen LogP contribution in [0.15, 0.2) is 11.6 Å². The topological polar surface area (TPSA) is 52.6 Å². The van der Waals surface area contributed by atoms with Gasteiger partial charge in [0.05, 0.1) is 11.8 Å². The molecule has 0 radical (unpaired) electrons. The molecule has 3 rings (SSSR count). The van der Waals surface area contributed by atoms with E-state index in [1.165, 1.54) is 0 Å². The molecule has 0 aromatic heterocycles. The Morgan fingerprint density at radius 3 is 2.59 bits per heavy atom. The van der Waals surface area contributed by atoms with E-state index in [-0.39, 0.29) is 47.3 Å². The lowest BCUT2D eigenvalue weighted by Gasteiger charge is -2.31. The molecule has 1 aliphatic heterocycles. The van der Waals surface area contributed by atoms with Crippen molar-refractivity contribution in [3.63, 3.8) is 0 Å². The van der Waals surface area contributed by atoms with Crippen molar-refractivity contribution in [2.45, 2.75) is 59.7 Å². The van der Waals surface area contributed by atoms with Gasteiger partial charge in [0.2, 0.25) is 0 Å². The monoisotopic (exact) mass is 306 g/mol. The summed E-state index contributed by atoms with van der Waals surface area (Å²) in [4.78, 5) is 24.5. The molecule has 1 heterocycles. The molecule has 3 aliphatic rings. The highest BCUT2D eigenvalue weighted by Gasteiger charge is 2.63. The molecule has 2 bridgehead atoms. The molecule has 0 amide bonds. The fourth-order valence-corrected chi connectivity index (χ4v) is 4.28. The van der Waals surface area contributed by atoms with Gasteiger partial charge in [-0.3, -0.25) is 9.59 Å². The Labute approximate surface area is 132 Å². The second-order valence-electron chi connectivity index (χ2n) is 8.39. The molecule has 4 heteroatoms. The largest absolute Gasteiger partial charge is 0.458 e.